The van der Waals surface area contributed by atoms with Gasteiger partial charge in [-0.05, 0) is 56.8 Å². The molecule has 3 heterocycles. The Kier molecular flexibility index (Phi) is 5.69. The molecule has 1 N–H and O–H groups in total. The van der Waals surface area contributed by atoms with Crippen molar-refractivity contribution in [3.8, 4) is 0 Å². The molecule has 4 rings (SSSR count). The lowest BCUT2D eigenvalue weighted by molar-refractivity contribution is -0.126. The Labute approximate surface area is 166 Å². The molecular weight excluding hydrogens is 362 g/mol. The van der Waals surface area contributed by atoms with Crippen molar-refractivity contribution in [2.45, 2.75) is 44.6 Å². The summed E-state index contributed by atoms with van der Waals surface area (Å²) >= 11 is 6.23. The average molecular weight is 390 g/mol. The number of anilines is 1. The topological polar surface area (TPSA) is 52.7 Å². The van der Waals surface area contributed by atoms with E-state index < -0.39 is 0 Å². The van der Waals surface area contributed by atoms with Gasteiger partial charge in [-0.25, -0.2) is 0 Å². The molecule has 3 atom stereocenters. The van der Waals surface area contributed by atoms with E-state index in [4.69, 9.17) is 11.6 Å². The van der Waals surface area contributed by atoms with E-state index in [-0.39, 0.29) is 24.2 Å². The van der Waals surface area contributed by atoms with E-state index in [0.717, 1.165) is 6.54 Å². The SMILES string of the molecule is O=C(NC[C@@H]1CCCN2CCCC[C@@H]12)[C@@H]1CC(=O)N(c2ccccc2Cl)C1. The number of nitrogens with zero attached hydrogens (tertiary/aromatic N) is 2. The van der Waals surface area contributed by atoms with Crippen LogP contribution in [0.2, 0.25) is 5.02 Å². The lowest BCUT2D eigenvalue weighted by Gasteiger charge is -2.44. The molecule has 146 valence electrons. The molecule has 3 fully saturated rings. The van der Waals surface area contributed by atoms with Crippen LogP contribution in [-0.4, -0.2) is 48.9 Å². The Balaban J connectivity index is 1.34. The maximum absolute atomic E-state index is 12.7. The van der Waals surface area contributed by atoms with Crippen molar-refractivity contribution in [3.05, 3.63) is 29.3 Å². The molecule has 0 saturated carbocycles. The molecule has 6 heteroatoms. The molecule has 1 aromatic carbocycles. The predicted molar refractivity (Wildman–Crippen MR) is 107 cm³/mol. The molecule has 0 radical (unpaired) electrons. The van der Waals surface area contributed by atoms with E-state index in [2.05, 4.69) is 10.2 Å². The molecule has 0 spiro atoms. The fraction of sp³-hybridized carbons (Fsp3) is 0.619. The van der Waals surface area contributed by atoms with Gasteiger partial charge < -0.3 is 15.1 Å². The van der Waals surface area contributed by atoms with Gasteiger partial charge in [0, 0.05) is 25.6 Å². The van der Waals surface area contributed by atoms with Crippen LogP contribution in [-0.2, 0) is 9.59 Å². The van der Waals surface area contributed by atoms with E-state index in [9.17, 15) is 9.59 Å². The van der Waals surface area contributed by atoms with Gasteiger partial charge in [-0.1, -0.05) is 30.2 Å². The third-order valence-electron chi connectivity index (χ3n) is 6.41. The van der Waals surface area contributed by atoms with Crippen LogP contribution in [0.5, 0.6) is 0 Å². The van der Waals surface area contributed by atoms with Crippen LogP contribution in [0.4, 0.5) is 5.69 Å². The van der Waals surface area contributed by atoms with Crippen molar-refractivity contribution >= 4 is 29.1 Å². The first kappa shape index (κ1) is 18.8. The number of halogens is 1. The molecular formula is C21H28ClN3O2. The van der Waals surface area contributed by atoms with E-state index in [0.29, 0.717) is 29.2 Å². The number of rotatable bonds is 4. The van der Waals surface area contributed by atoms with Gasteiger partial charge in [0.1, 0.15) is 0 Å². The monoisotopic (exact) mass is 389 g/mol. The van der Waals surface area contributed by atoms with Gasteiger partial charge in [-0.3, -0.25) is 9.59 Å². The number of fused-ring (bicyclic) bond motifs is 1. The number of carbonyl (C=O) groups excluding carboxylic acids is 2. The second-order valence-corrected chi connectivity index (χ2v) is 8.51. The third-order valence-corrected chi connectivity index (χ3v) is 6.73. The summed E-state index contributed by atoms with van der Waals surface area (Å²) in [4.78, 5) is 29.4. The highest BCUT2D eigenvalue weighted by molar-refractivity contribution is 6.33. The summed E-state index contributed by atoms with van der Waals surface area (Å²) in [6.45, 7) is 3.56. The fourth-order valence-corrected chi connectivity index (χ4v) is 5.22. The zero-order valence-electron chi connectivity index (χ0n) is 15.7. The van der Waals surface area contributed by atoms with Crippen molar-refractivity contribution in [3.63, 3.8) is 0 Å². The summed E-state index contributed by atoms with van der Waals surface area (Å²) in [5.41, 5.74) is 0.699. The van der Waals surface area contributed by atoms with Crippen LogP contribution in [0, 0.1) is 11.8 Å². The smallest absolute Gasteiger partial charge is 0.227 e. The number of carbonyl (C=O) groups is 2. The molecule has 0 bridgehead atoms. The summed E-state index contributed by atoms with van der Waals surface area (Å²) in [5.74, 6) is 0.227. The quantitative estimate of drug-likeness (QED) is 0.861. The van der Waals surface area contributed by atoms with E-state index >= 15 is 0 Å². The first-order valence-corrected chi connectivity index (χ1v) is 10.6. The molecule has 0 unspecified atom stereocenters. The molecule has 27 heavy (non-hydrogen) atoms. The number of para-hydroxylation sites is 1. The van der Waals surface area contributed by atoms with Gasteiger partial charge in [0.15, 0.2) is 0 Å². The summed E-state index contributed by atoms with van der Waals surface area (Å²) in [7, 11) is 0. The van der Waals surface area contributed by atoms with Crippen LogP contribution in [0.1, 0.15) is 38.5 Å². The van der Waals surface area contributed by atoms with Gasteiger partial charge in [-0.15, -0.1) is 0 Å². The Morgan fingerprint density at radius 2 is 1.96 bits per heavy atom. The lowest BCUT2D eigenvalue weighted by atomic mass is 9.83. The fourth-order valence-electron chi connectivity index (χ4n) is 4.98. The van der Waals surface area contributed by atoms with Crippen molar-refractivity contribution in [1.29, 1.82) is 0 Å². The number of hydrogen-bond donors (Lipinski definition) is 1. The van der Waals surface area contributed by atoms with Crippen molar-refractivity contribution in [1.82, 2.24) is 10.2 Å². The zero-order valence-corrected chi connectivity index (χ0v) is 16.5. The number of amides is 2. The summed E-state index contributed by atoms with van der Waals surface area (Å²) < 4.78 is 0. The van der Waals surface area contributed by atoms with E-state index in [1.165, 1.54) is 45.2 Å². The standard InChI is InChI=1S/C21H28ClN3O2/c22-17-7-1-2-9-19(17)25-14-16(12-20(25)26)21(27)23-13-15-6-5-11-24-10-4-3-8-18(15)24/h1-2,7,9,15-16,18H,3-6,8,10-14H2,(H,23,27)/t15-,16+,18-/m0/s1. The third kappa shape index (κ3) is 3.99. The lowest BCUT2D eigenvalue weighted by Crippen LogP contribution is -2.51. The van der Waals surface area contributed by atoms with Crippen molar-refractivity contribution in [2.24, 2.45) is 11.8 Å². The maximum atomic E-state index is 12.7. The number of piperidine rings is 2. The Bertz CT molecular complexity index is 708. The maximum Gasteiger partial charge on any atom is 0.227 e. The summed E-state index contributed by atoms with van der Waals surface area (Å²) in [6.07, 6.45) is 6.53. The highest BCUT2D eigenvalue weighted by Gasteiger charge is 2.37. The minimum atomic E-state index is -0.292. The summed E-state index contributed by atoms with van der Waals surface area (Å²) in [6, 6.07) is 7.94. The molecule has 3 saturated heterocycles. The van der Waals surface area contributed by atoms with Gasteiger partial charge in [0.25, 0.3) is 0 Å². The Hall–Kier alpha value is -1.59. The zero-order chi connectivity index (χ0) is 18.8. The van der Waals surface area contributed by atoms with Gasteiger partial charge in [-0.2, -0.15) is 0 Å². The predicted octanol–water partition coefficient (Wildman–Crippen LogP) is 3.07. The van der Waals surface area contributed by atoms with Gasteiger partial charge >= 0.3 is 0 Å². The van der Waals surface area contributed by atoms with E-state index in [1.807, 2.05) is 18.2 Å². The Morgan fingerprint density at radius 3 is 2.81 bits per heavy atom. The first-order valence-electron chi connectivity index (χ1n) is 10.2. The average Bonchev–Trinajstić information content (AvgIpc) is 3.08. The second kappa shape index (κ2) is 8.19. The molecule has 3 aliphatic heterocycles. The summed E-state index contributed by atoms with van der Waals surface area (Å²) in [5, 5.41) is 3.70. The minimum absolute atomic E-state index is 0.00540. The largest absolute Gasteiger partial charge is 0.355 e. The van der Waals surface area contributed by atoms with Crippen LogP contribution in [0.15, 0.2) is 24.3 Å². The van der Waals surface area contributed by atoms with Gasteiger partial charge in [0.2, 0.25) is 11.8 Å². The van der Waals surface area contributed by atoms with E-state index in [1.54, 1.807) is 11.0 Å². The van der Waals surface area contributed by atoms with Crippen LogP contribution < -0.4 is 10.2 Å². The first-order chi connectivity index (χ1) is 13.1. The minimum Gasteiger partial charge on any atom is -0.355 e. The van der Waals surface area contributed by atoms with Crippen molar-refractivity contribution in [2.75, 3.05) is 31.1 Å². The van der Waals surface area contributed by atoms with Crippen LogP contribution in [0.25, 0.3) is 0 Å². The van der Waals surface area contributed by atoms with Crippen LogP contribution in [0.3, 0.4) is 0 Å². The van der Waals surface area contributed by atoms with Crippen LogP contribution >= 0.6 is 11.6 Å². The highest BCUT2D eigenvalue weighted by atomic mass is 35.5. The second-order valence-electron chi connectivity index (χ2n) is 8.10. The number of nitrogens with one attached hydrogen (secondary N) is 1. The number of benzene rings is 1. The molecule has 0 aliphatic carbocycles. The van der Waals surface area contributed by atoms with Crippen molar-refractivity contribution < 1.29 is 9.59 Å². The number of hydrogen-bond acceptors (Lipinski definition) is 3. The van der Waals surface area contributed by atoms with Gasteiger partial charge in [0.05, 0.1) is 16.6 Å². The molecule has 5 nitrogen and oxygen atoms in total. The molecule has 2 amide bonds. The normalized spacial score (nSPS) is 28.9. The molecule has 0 aromatic heterocycles. The Morgan fingerprint density at radius 1 is 1.15 bits per heavy atom. The molecule has 3 aliphatic rings. The highest BCUT2D eigenvalue weighted by Crippen LogP contribution is 2.32. The molecule has 1 aromatic rings.